The monoisotopic (exact) mass is 176 g/mol. The minimum Gasteiger partial charge on any atom is -0.344 e. The molecule has 0 fully saturated rings. The fraction of sp³-hybridized carbons (Fsp3) is 1.00. The van der Waals surface area contributed by atoms with Crippen molar-refractivity contribution in [3.05, 3.63) is 0 Å². The number of nitrogens with one attached hydrogen (secondary N) is 1. The molecule has 0 spiro atoms. The summed E-state index contributed by atoms with van der Waals surface area (Å²) in [5.74, 6) is 0. The Balaban J connectivity index is 3.54. The summed E-state index contributed by atoms with van der Waals surface area (Å²) in [5, 5.41) is 0. The molecule has 0 aromatic heterocycles. The molecule has 0 aromatic carbocycles. The Morgan fingerprint density at radius 3 is 2.45 bits per heavy atom. The Bertz CT molecular complexity index is 107. The molecule has 0 aliphatic rings. The average Bonchev–Trinajstić information content (AvgIpc) is 1.84. The quantitative estimate of drug-likeness (QED) is 0.378. The summed E-state index contributed by atoms with van der Waals surface area (Å²) in [6.45, 7) is 8.41. The average molecular weight is 176 g/mol. The molecule has 0 saturated heterocycles. The van der Waals surface area contributed by atoms with E-state index >= 15 is 0 Å². The topological polar surface area (TPSA) is 47.3 Å². The summed E-state index contributed by atoms with van der Waals surface area (Å²) in [7, 11) is -1.46. The lowest BCUT2D eigenvalue weighted by molar-refractivity contribution is 0.153. The standard InChI is InChI=1S/C7H20N2OSi/c1-5-6-11(3,4)10-9-7(2)8/h7,9H,5-6,8H2,1-4H3. The van der Waals surface area contributed by atoms with E-state index in [9.17, 15) is 0 Å². The smallest absolute Gasteiger partial charge is 0.214 e. The summed E-state index contributed by atoms with van der Waals surface area (Å²) in [6, 6.07) is 1.17. The van der Waals surface area contributed by atoms with Crippen molar-refractivity contribution in [2.24, 2.45) is 5.73 Å². The maximum Gasteiger partial charge on any atom is 0.214 e. The van der Waals surface area contributed by atoms with Gasteiger partial charge in [-0.05, 0) is 26.1 Å². The molecule has 0 aromatic rings. The van der Waals surface area contributed by atoms with Crippen molar-refractivity contribution >= 4 is 8.32 Å². The molecular formula is C7H20N2OSi. The second kappa shape index (κ2) is 4.87. The second-order valence-corrected chi connectivity index (χ2v) is 7.74. The molecule has 11 heavy (non-hydrogen) atoms. The highest BCUT2D eigenvalue weighted by molar-refractivity contribution is 6.71. The van der Waals surface area contributed by atoms with Crippen LogP contribution in [0.15, 0.2) is 0 Å². The normalized spacial score (nSPS) is 15.0. The van der Waals surface area contributed by atoms with Crippen LogP contribution in [0.4, 0.5) is 0 Å². The third-order valence-electron chi connectivity index (χ3n) is 1.37. The molecule has 0 saturated carbocycles. The van der Waals surface area contributed by atoms with Crippen molar-refractivity contribution in [1.82, 2.24) is 5.48 Å². The predicted molar refractivity (Wildman–Crippen MR) is 50.5 cm³/mol. The summed E-state index contributed by atoms with van der Waals surface area (Å²) in [5.41, 5.74) is 8.29. The first kappa shape index (κ1) is 11.1. The highest BCUT2D eigenvalue weighted by atomic mass is 28.4. The van der Waals surface area contributed by atoms with E-state index < -0.39 is 8.32 Å². The van der Waals surface area contributed by atoms with Gasteiger partial charge in [0, 0.05) is 0 Å². The fourth-order valence-corrected chi connectivity index (χ4v) is 2.72. The zero-order chi connectivity index (χ0) is 8.91. The number of nitrogens with two attached hydrogens (primary N) is 1. The van der Waals surface area contributed by atoms with E-state index in [1.165, 1.54) is 12.5 Å². The van der Waals surface area contributed by atoms with Crippen molar-refractivity contribution in [2.75, 3.05) is 0 Å². The molecule has 0 radical (unpaired) electrons. The minimum atomic E-state index is -1.46. The van der Waals surface area contributed by atoms with Crippen molar-refractivity contribution < 1.29 is 4.53 Å². The minimum absolute atomic E-state index is 0.0707. The molecule has 3 nitrogen and oxygen atoms in total. The zero-order valence-corrected chi connectivity index (χ0v) is 8.98. The third-order valence-corrected chi connectivity index (χ3v) is 3.75. The lowest BCUT2D eigenvalue weighted by Crippen LogP contribution is -2.43. The van der Waals surface area contributed by atoms with Gasteiger partial charge in [-0.2, -0.15) is 5.48 Å². The predicted octanol–water partition coefficient (Wildman–Crippen LogP) is 1.43. The molecule has 0 aliphatic heterocycles. The first-order valence-corrected chi connectivity index (χ1v) is 7.28. The molecule has 0 heterocycles. The lowest BCUT2D eigenvalue weighted by Gasteiger charge is -2.23. The van der Waals surface area contributed by atoms with Crippen molar-refractivity contribution in [3.63, 3.8) is 0 Å². The molecule has 1 unspecified atom stereocenters. The van der Waals surface area contributed by atoms with Gasteiger partial charge < -0.3 is 10.3 Å². The van der Waals surface area contributed by atoms with Gasteiger partial charge in [0.25, 0.3) is 0 Å². The van der Waals surface area contributed by atoms with Crippen LogP contribution in [0.5, 0.6) is 0 Å². The third kappa shape index (κ3) is 6.49. The Kier molecular flexibility index (Phi) is 4.91. The van der Waals surface area contributed by atoms with Crippen LogP contribution in [0.1, 0.15) is 20.3 Å². The summed E-state index contributed by atoms with van der Waals surface area (Å²) >= 11 is 0. The van der Waals surface area contributed by atoms with Gasteiger partial charge in [-0.25, -0.2) is 0 Å². The Morgan fingerprint density at radius 1 is 1.55 bits per heavy atom. The SMILES string of the molecule is CCC[Si](C)(C)ONC(C)N. The Labute approximate surface area is 70.4 Å². The van der Waals surface area contributed by atoms with Crippen LogP contribution in [0, 0.1) is 0 Å². The summed E-state index contributed by atoms with van der Waals surface area (Å²) in [4.78, 5) is 0. The van der Waals surface area contributed by atoms with Crippen LogP contribution >= 0.6 is 0 Å². The highest BCUT2D eigenvalue weighted by Crippen LogP contribution is 2.11. The van der Waals surface area contributed by atoms with E-state index in [0.717, 1.165) is 0 Å². The van der Waals surface area contributed by atoms with Crippen LogP contribution in [0.25, 0.3) is 0 Å². The number of hydroxylamine groups is 1. The molecule has 0 bridgehead atoms. The zero-order valence-electron chi connectivity index (χ0n) is 7.98. The molecule has 1 atom stereocenters. The van der Waals surface area contributed by atoms with Crippen LogP contribution in [-0.4, -0.2) is 14.5 Å². The van der Waals surface area contributed by atoms with E-state index in [1.807, 2.05) is 6.92 Å². The van der Waals surface area contributed by atoms with Crippen molar-refractivity contribution in [2.45, 2.75) is 45.6 Å². The van der Waals surface area contributed by atoms with Gasteiger partial charge in [0.2, 0.25) is 8.32 Å². The molecule has 4 heteroatoms. The highest BCUT2D eigenvalue weighted by Gasteiger charge is 2.21. The van der Waals surface area contributed by atoms with Crippen LogP contribution in [0.3, 0.4) is 0 Å². The van der Waals surface area contributed by atoms with Crippen molar-refractivity contribution in [1.29, 1.82) is 0 Å². The molecule has 0 rings (SSSR count). The fourth-order valence-electron chi connectivity index (χ4n) is 0.906. The first-order valence-electron chi connectivity index (χ1n) is 4.17. The summed E-state index contributed by atoms with van der Waals surface area (Å²) in [6.07, 6.45) is 1.11. The van der Waals surface area contributed by atoms with E-state index in [-0.39, 0.29) is 6.17 Å². The van der Waals surface area contributed by atoms with Crippen molar-refractivity contribution in [3.8, 4) is 0 Å². The molecule has 0 amide bonds. The number of hydrogen-bond donors (Lipinski definition) is 2. The molecule has 68 valence electrons. The largest absolute Gasteiger partial charge is 0.344 e. The van der Waals surface area contributed by atoms with E-state index in [4.69, 9.17) is 10.3 Å². The van der Waals surface area contributed by atoms with E-state index in [2.05, 4.69) is 25.5 Å². The maximum absolute atomic E-state index is 5.50. The van der Waals surface area contributed by atoms with Crippen LogP contribution in [0.2, 0.25) is 19.1 Å². The number of rotatable bonds is 5. The Morgan fingerprint density at radius 2 is 2.09 bits per heavy atom. The van der Waals surface area contributed by atoms with Gasteiger partial charge in [-0.1, -0.05) is 13.3 Å². The summed E-state index contributed by atoms with van der Waals surface area (Å²) < 4.78 is 5.50. The molecule has 0 aliphatic carbocycles. The maximum atomic E-state index is 5.50. The van der Waals surface area contributed by atoms with Gasteiger partial charge >= 0.3 is 0 Å². The van der Waals surface area contributed by atoms with Gasteiger partial charge in [0.05, 0.1) is 6.17 Å². The van der Waals surface area contributed by atoms with E-state index in [1.54, 1.807) is 0 Å². The molecule has 3 N–H and O–H groups in total. The first-order chi connectivity index (χ1) is 4.98. The van der Waals surface area contributed by atoms with Gasteiger partial charge in [-0.3, -0.25) is 0 Å². The van der Waals surface area contributed by atoms with Gasteiger partial charge in [0.15, 0.2) is 0 Å². The van der Waals surface area contributed by atoms with Crippen LogP contribution < -0.4 is 11.2 Å². The van der Waals surface area contributed by atoms with Crippen LogP contribution in [-0.2, 0) is 4.53 Å². The lowest BCUT2D eigenvalue weighted by atomic mass is 10.6. The van der Waals surface area contributed by atoms with E-state index in [0.29, 0.717) is 0 Å². The van der Waals surface area contributed by atoms with Gasteiger partial charge in [-0.15, -0.1) is 0 Å². The second-order valence-electron chi connectivity index (χ2n) is 3.52. The Hall–Kier alpha value is 0.0969. The van der Waals surface area contributed by atoms with Gasteiger partial charge in [0.1, 0.15) is 0 Å². The number of hydrogen-bond acceptors (Lipinski definition) is 3. The molecular weight excluding hydrogens is 156 g/mol.